The number of anilines is 1. The van der Waals surface area contributed by atoms with Crippen LogP contribution in [0.2, 0.25) is 36.3 Å². The van der Waals surface area contributed by atoms with Crippen LogP contribution in [-0.2, 0) is 27.9 Å². The third-order valence-electron chi connectivity index (χ3n) is 8.41. The molecule has 1 aliphatic rings. The Kier molecular flexibility index (Phi) is 9.21. The van der Waals surface area contributed by atoms with Gasteiger partial charge in [-0.3, -0.25) is 14.2 Å². The Balaban J connectivity index is 2.07. The van der Waals surface area contributed by atoms with E-state index in [1.165, 1.54) is 6.33 Å². The number of aliphatic carboxylic acids is 1. The van der Waals surface area contributed by atoms with Gasteiger partial charge in [-0.1, -0.05) is 41.5 Å². The summed E-state index contributed by atoms with van der Waals surface area (Å²) in [6.07, 6.45) is -0.719. The van der Waals surface area contributed by atoms with Crippen molar-refractivity contribution in [1.29, 1.82) is 0 Å². The monoisotopic (exact) mass is 595 g/mol. The average Bonchev–Trinajstić information content (AvgIpc) is 3.37. The molecule has 3 rings (SSSR count). The first kappa shape index (κ1) is 32.1. The number of nitrogens with two attached hydrogens (primary N) is 1. The van der Waals surface area contributed by atoms with Gasteiger partial charge in [-0.25, -0.2) is 15.0 Å². The largest absolute Gasteiger partial charge is 0.481 e. The van der Waals surface area contributed by atoms with Crippen LogP contribution in [0, 0.1) is 0 Å². The van der Waals surface area contributed by atoms with Crippen LogP contribution in [0.15, 0.2) is 12.7 Å². The third-order valence-corrected chi connectivity index (χ3v) is 17.4. The first-order valence-electron chi connectivity index (χ1n) is 13.6. The number of nitrogens with zero attached hydrogens (tertiary/aromatic N) is 4. The maximum atomic E-state index is 12.9. The van der Waals surface area contributed by atoms with Gasteiger partial charge in [0.05, 0.1) is 25.8 Å². The number of esters is 1. The van der Waals surface area contributed by atoms with Gasteiger partial charge in [0.25, 0.3) is 0 Å². The lowest BCUT2D eigenvalue weighted by Gasteiger charge is -2.40. The second-order valence-electron chi connectivity index (χ2n) is 13.4. The van der Waals surface area contributed by atoms with Crippen molar-refractivity contribution in [2.24, 2.45) is 0 Å². The summed E-state index contributed by atoms with van der Waals surface area (Å²) in [7, 11) is -4.64. The lowest BCUT2D eigenvalue weighted by atomic mass is 10.1. The first-order chi connectivity index (χ1) is 18.2. The number of carboxylic acids is 1. The van der Waals surface area contributed by atoms with Crippen LogP contribution in [-0.4, -0.2) is 78.1 Å². The second-order valence-corrected chi connectivity index (χ2v) is 23.0. The predicted octanol–water partition coefficient (Wildman–Crippen LogP) is 4.49. The maximum Gasteiger partial charge on any atom is 0.306 e. The number of hydrogen-bond acceptors (Lipinski definition) is 10. The van der Waals surface area contributed by atoms with Crippen molar-refractivity contribution in [2.45, 2.75) is 115 Å². The van der Waals surface area contributed by atoms with Crippen LogP contribution in [0.4, 0.5) is 5.82 Å². The Morgan fingerprint density at radius 3 is 2.20 bits per heavy atom. The lowest BCUT2D eigenvalue weighted by molar-refractivity contribution is -0.158. The number of hydrogen-bond donors (Lipinski definition) is 2. The molecule has 14 heteroatoms. The number of fused-ring (bicyclic) bond motifs is 1. The SMILES string of the molecule is CC(C)(C)[Si](C)(C)OC[C@H]1O[C@@H](n2cnc3c(N)ncnc32)[C@@H](O[Si](C)(C)C(C)(C)C)C1OC(=O)CCC(=O)O. The minimum Gasteiger partial charge on any atom is -0.481 e. The molecule has 0 aliphatic carbocycles. The van der Waals surface area contributed by atoms with E-state index in [9.17, 15) is 9.59 Å². The van der Waals surface area contributed by atoms with E-state index in [0.29, 0.717) is 11.2 Å². The van der Waals surface area contributed by atoms with Crippen molar-refractivity contribution in [1.82, 2.24) is 19.5 Å². The maximum absolute atomic E-state index is 12.9. The molecule has 2 aromatic rings. The Morgan fingerprint density at radius 1 is 1.00 bits per heavy atom. The van der Waals surface area contributed by atoms with Gasteiger partial charge in [0, 0.05) is 0 Å². The van der Waals surface area contributed by atoms with E-state index < -0.39 is 53.1 Å². The summed E-state index contributed by atoms with van der Waals surface area (Å²) in [5.74, 6) is -1.48. The molecule has 0 bridgehead atoms. The molecule has 12 nitrogen and oxygen atoms in total. The first-order valence-corrected chi connectivity index (χ1v) is 19.4. The van der Waals surface area contributed by atoms with E-state index in [0.717, 1.165) is 0 Å². The van der Waals surface area contributed by atoms with E-state index in [2.05, 4.69) is 82.7 Å². The number of rotatable bonds is 10. The summed E-state index contributed by atoms with van der Waals surface area (Å²) < 4.78 is 27.7. The molecule has 224 valence electrons. The topological polar surface area (TPSA) is 161 Å². The summed E-state index contributed by atoms with van der Waals surface area (Å²) in [4.78, 5) is 36.9. The highest BCUT2D eigenvalue weighted by Crippen LogP contribution is 2.44. The third kappa shape index (κ3) is 6.90. The van der Waals surface area contributed by atoms with E-state index in [1.54, 1.807) is 10.9 Å². The molecule has 4 atom stereocenters. The van der Waals surface area contributed by atoms with Gasteiger partial charge in [-0.2, -0.15) is 0 Å². The zero-order chi connectivity index (χ0) is 30.3. The highest BCUT2D eigenvalue weighted by molar-refractivity contribution is 6.74. The molecule has 0 radical (unpaired) electrons. The van der Waals surface area contributed by atoms with Gasteiger partial charge in [0.2, 0.25) is 0 Å². The fraction of sp³-hybridized carbons (Fsp3) is 0.731. The minimum absolute atomic E-state index is 0.0509. The number of aromatic nitrogens is 4. The molecule has 1 fully saturated rings. The summed E-state index contributed by atoms with van der Waals surface area (Å²) in [6.45, 7) is 21.5. The molecule has 0 amide bonds. The van der Waals surface area contributed by atoms with Crippen molar-refractivity contribution in [2.75, 3.05) is 12.3 Å². The molecule has 40 heavy (non-hydrogen) atoms. The molecule has 1 aliphatic heterocycles. The molecule has 3 N–H and O–H groups in total. The molecular weight excluding hydrogens is 550 g/mol. The van der Waals surface area contributed by atoms with Crippen LogP contribution in [0.3, 0.4) is 0 Å². The van der Waals surface area contributed by atoms with Crippen molar-refractivity contribution in [3.05, 3.63) is 12.7 Å². The number of carbonyl (C=O) groups excluding carboxylic acids is 1. The molecule has 0 aromatic carbocycles. The average molecular weight is 596 g/mol. The van der Waals surface area contributed by atoms with Gasteiger partial charge in [-0.05, 0) is 36.3 Å². The number of ether oxygens (including phenoxy) is 2. The summed E-state index contributed by atoms with van der Waals surface area (Å²) in [6, 6.07) is 0. The zero-order valence-corrected chi connectivity index (χ0v) is 27.3. The normalized spacial score (nSPS) is 22.6. The van der Waals surface area contributed by atoms with E-state index in [-0.39, 0.29) is 35.3 Å². The predicted molar refractivity (Wildman–Crippen MR) is 156 cm³/mol. The van der Waals surface area contributed by atoms with Crippen molar-refractivity contribution in [3.8, 4) is 0 Å². The van der Waals surface area contributed by atoms with Crippen molar-refractivity contribution >= 4 is 45.6 Å². The second kappa shape index (κ2) is 11.5. The lowest BCUT2D eigenvalue weighted by Crippen LogP contribution is -2.50. The Labute approximate surface area is 238 Å². The van der Waals surface area contributed by atoms with Gasteiger partial charge >= 0.3 is 11.9 Å². The number of carboxylic acid groups (broad SMARTS) is 1. The molecule has 0 saturated carbocycles. The zero-order valence-electron chi connectivity index (χ0n) is 25.3. The van der Waals surface area contributed by atoms with Crippen LogP contribution in [0.25, 0.3) is 11.2 Å². The molecule has 1 unspecified atom stereocenters. The molecule has 0 spiro atoms. The Morgan fingerprint density at radius 2 is 1.62 bits per heavy atom. The van der Waals surface area contributed by atoms with E-state index in [1.807, 2.05) is 0 Å². The van der Waals surface area contributed by atoms with Crippen LogP contribution in [0.1, 0.15) is 60.6 Å². The van der Waals surface area contributed by atoms with Crippen molar-refractivity contribution in [3.63, 3.8) is 0 Å². The Bertz CT molecular complexity index is 1220. The number of carbonyl (C=O) groups is 2. The fourth-order valence-corrected chi connectivity index (χ4v) is 6.13. The van der Waals surface area contributed by atoms with Crippen LogP contribution in [0.5, 0.6) is 0 Å². The molecule has 2 aromatic heterocycles. The smallest absolute Gasteiger partial charge is 0.306 e. The van der Waals surface area contributed by atoms with Gasteiger partial charge < -0.3 is 29.2 Å². The van der Waals surface area contributed by atoms with Gasteiger partial charge in [0.15, 0.2) is 40.4 Å². The Hall–Kier alpha value is -2.40. The van der Waals surface area contributed by atoms with E-state index in [4.69, 9.17) is 29.2 Å². The summed E-state index contributed by atoms with van der Waals surface area (Å²) in [5.41, 5.74) is 6.94. The summed E-state index contributed by atoms with van der Waals surface area (Å²) >= 11 is 0. The molecular formula is C26H45N5O7Si2. The van der Waals surface area contributed by atoms with Crippen LogP contribution < -0.4 is 5.73 Å². The van der Waals surface area contributed by atoms with Crippen LogP contribution >= 0.6 is 0 Å². The highest BCUT2D eigenvalue weighted by Gasteiger charge is 2.54. The van der Waals surface area contributed by atoms with Gasteiger partial charge in [0.1, 0.15) is 24.1 Å². The highest BCUT2D eigenvalue weighted by atomic mass is 28.4. The fourth-order valence-electron chi connectivity index (χ4n) is 3.83. The van der Waals surface area contributed by atoms with E-state index >= 15 is 0 Å². The standard InChI is InChI=1S/C26H45N5O7Si2/c1-25(2,3)39(7,8)35-13-16-20(37-18(34)12-11-17(32)33)21(38-40(9,10)26(4,5)6)24(36-16)31-15-30-19-22(27)28-14-29-23(19)31/h14-16,20-21,24H,11-13H2,1-10H3,(H,32,33)(H2,27,28,29)/t16-,20?,21+,24-/m1/s1. The van der Waals surface area contributed by atoms with Crippen molar-refractivity contribution < 1.29 is 33.0 Å². The number of nitrogen functional groups attached to an aromatic ring is 1. The quantitative estimate of drug-likeness (QED) is 0.294. The molecule has 1 saturated heterocycles. The minimum atomic E-state index is -2.44. The summed E-state index contributed by atoms with van der Waals surface area (Å²) in [5, 5.41) is 8.90. The van der Waals surface area contributed by atoms with Gasteiger partial charge in [-0.15, -0.1) is 0 Å². The molecule has 3 heterocycles. The number of imidazole rings is 1.